The number of nitrogens with zero attached hydrogens (tertiary/aromatic N) is 2. The Hall–Kier alpha value is -2.37. The van der Waals surface area contributed by atoms with Crippen molar-refractivity contribution in [1.82, 2.24) is 14.9 Å². The van der Waals surface area contributed by atoms with Crippen LogP contribution in [0.3, 0.4) is 0 Å². The highest BCUT2D eigenvalue weighted by molar-refractivity contribution is 5.82. The molecule has 0 bridgehead atoms. The molecule has 1 aromatic carbocycles. The van der Waals surface area contributed by atoms with Crippen LogP contribution < -0.4 is 4.74 Å². The van der Waals surface area contributed by atoms with Gasteiger partial charge in [0.25, 0.3) is 0 Å². The number of aromatic amines is 1. The van der Waals surface area contributed by atoms with Crippen LogP contribution in [0.1, 0.15) is 12.0 Å². The summed E-state index contributed by atoms with van der Waals surface area (Å²) >= 11 is 0. The van der Waals surface area contributed by atoms with E-state index in [2.05, 4.69) is 39.1 Å². The summed E-state index contributed by atoms with van der Waals surface area (Å²) in [5.74, 6) is 1.28. The molecule has 2 aromatic heterocycles. The largest absolute Gasteiger partial charge is 0.492 e. The summed E-state index contributed by atoms with van der Waals surface area (Å²) in [4.78, 5) is 9.88. The Balaban J connectivity index is 1.22. The maximum absolute atomic E-state index is 6.17. The monoisotopic (exact) mass is 349 g/mol. The van der Waals surface area contributed by atoms with Gasteiger partial charge in [-0.25, -0.2) is 0 Å². The van der Waals surface area contributed by atoms with E-state index >= 15 is 0 Å². The average molecular weight is 349 g/mol. The first-order valence-corrected chi connectivity index (χ1v) is 9.27. The lowest BCUT2D eigenvalue weighted by molar-refractivity contribution is -0.140. The quantitative estimate of drug-likeness (QED) is 0.768. The molecule has 0 aliphatic carbocycles. The van der Waals surface area contributed by atoms with Crippen LogP contribution in [0.4, 0.5) is 0 Å². The fourth-order valence-corrected chi connectivity index (χ4v) is 4.35. The molecule has 3 aromatic rings. The third-order valence-corrected chi connectivity index (χ3v) is 5.75. The van der Waals surface area contributed by atoms with Gasteiger partial charge in [0.15, 0.2) is 0 Å². The van der Waals surface area contributed by atoms with E-state index < -0.39 is 0 Å². The molecule has 0 saturated carbocycles. The molecule has 2 aliphatic heterocycles. The normalized spacial score (nSPS) is 21.9. The van der Waals surface area contributed by atoms with Gasteiger partial charge in [0.2, 0.25) is 0 Å². The number of H-pyrrole nitrogens is 1. The number of rotatable bonds is 5. The maximum Gasteiger partial charge on any atom is 0.137 e. The Morgan fingerprint density at radius 3 is 3.08 bits per heavy atom. The van der Waals surface area contributed by atoms with Gasteiger partial charge in [-0.05, 0) is 36.2 Å². The molecule has 5 nitrogen and oxygen atoms in total. The van der Waals surface area contributed by atoms with Crippen molar-refractivity contribution in [2.45, 2.75) is 18.6 Å². The van der Waals surface area contributed by atoms with Crippen molar-refractivity contribution < 1.29 is 9.47 Å². The minimum atomic E-state index is -0.0335. The first-order chi connectivity index (χ1) is 12.8. The number of benzene rings is 1. The molecule has 2 aliphatic rings. The van der Waals surface area contributed by atoms with E-state index in [-0.39, 0.29) is 5.60 Å². The lowest BCUT2D eigenvalue weighted by atomic mass is 9.81. The number of pyridine rings is 1. The van der Waals surface area contributed by atoms with Gasteiger partial charge in [0.1, 0.15) is 5.75 Å². The summed E-state index contributed by atoms with van der Waals surface area (Å²) in [5.41, 5.74) is 2.55. The van der Waals surface area contributed by atoms with Gasteiger partial charge in [0.05, 0.1) is 18.4 Å². The highest BCUT2D eigenvalue weighted by Crippen LogP contribution is 2.41. The average Bonchev–Trinajstić information content (AvgIpc) is 3.28. The number of fused-ring (bicyclic) bond motifs is 1. The van der Waals surface area contributed by atoms with Crippen molar-refractivity contribution in [3.05, 3.63) is 60.6 Å². The van der Waals surface area contributed by atoms with Crippen molar-refractivity contribution in [2.24, 2.45) is 5.92 Å². The zero-order valence-electron chi connectivity index (χ0n) is 14.7. The molecule has 2 saturated heterocycles. The van der Waals surface area contributed by atoms with Gasteiger partial charge < -0.3 is 14.5 Å². The number of ether oxygens (including phenoxy) is 2. The summed E-state index contributed by atoms with van der Waals surface area (Å²) < 4.78 is 12.1. The Bertz CT molecular complexity index is 886. The second-order valence-electron chi connectivity index (χ2n) is 7.40. The predicted octanol–water partition coefficient (Wildman–Crippen LogP) is 3.23. The third kappa shape index (κ3) is 2.77. The smallest absolute Gasteiger partial charge is 0.137 e. The number of hydrogen-bond donors (Lipinski definition) is 1. The van der Waals surface area contributed by atoms with Crippen LogP contribution in [0, 0.1) is 5.92 Å². The van der Waals surface area contributed by atoms with Crippen LogP contribution in [-0.2, 0) is 11.3 Å². The van der Waals surface area contributed by atoms with Gasteiger partial charge in [-0.15, -0.1) is 0 Å². The number of aromatic nitrogens is 2. The van der Waals surface area contributed by atoms with E-state index in [1.165, 1.54) is 16.5 Å². The van der Waals surface area contributed by atoms with Crippen LogP contribution >= 0.6 is 0 Å². The molecule has 2 fully saturated rings. The van der Waals surface area contributed by atoms with E-state index in [9.17, 15) is 0 Å². The summed E-state index contributed by atoms with van der Waals surface area (Å²) in [6.45, 7) is 4.47. The first-order valence-electron chi connectivity index (χ1n) is 9.27. The fourth-order valence-electron chi connectivity index (χ4n) is 4.35. The van der Waals surface area contributed by atoms with Crippen LogP contribution in [-0.4, -0.2) is 46.8 Å². The van der Waals surface area contributed by atoms with E-state index in [0.29, 0.717) is 12.5 Å². The third-order valence-electron chi connectivity index (χ3n) is 5.75. The van der Waals surface area contributed by atoms with Crippen LogP contribution in [0.5, 0.6) is 5.75 Å². The SMILES string of the molecule is c1cncc(OCC2CCOC23CN(Cc2cccc4[nH]ccc24)C3)c1. The summed E-state index contributed by atoms with van der Waals surface area (Å²) in [6.07, 6.45) is 6.62. The molecule has 0 radical (unpaired) electrons. The van der Waals surface area contributed by atoms with Gasteiger partial charge in [-0.2, -0.15) is 0 Å². The first kappa shape index (κ1) is 15.9. The number of hydrogen-bond acceptors (Lipinski definition) is 4. The lowest BCUT2D eigenvalue weighted by Gasteiger charge is -2.50. The zero-order chi connectivity index (χ0) is 17.4. The Labute approximate surface area is 152 Å². The highest BCUT2D eigenvalue weighted by atomic mass is 16.5. The van der Waals surface area contributed by atoms with Gasteiger partial charge in [0, 0.05) is 55.5 Å². The van der Waals surface area contributed by atoms with Crippen molar-refractivity contribution in [1.29, 1.82) is 0 Å². The number of nitrogens with one attached hydrogen (secondary N) is 1. The second kappa shape index (κ2) is 6.41. The molecule has 1 atom stereocenters. The molecule has 1 N–H and O–H groups in total. The maximum atomic E-state index is 6.17. The Morgan fingerprint density at radius 1 is 1.23 bits per heavy atom. The molecule has 5 rings (SSSR count). The molecule has 1 unspecified atom stereocenters. The molecule has 0 amide bonds. The number of likely N-dealkylation sites (tertiary alicyclic amines) is 1. The molecule has 4 heterocycles. The highest BCUT2D eigenvalue weighted by Gasteiger charge is 2.53. The van der Waals surface area contributed by atoms with Crippen LogP contribution in [0.2, 0.25) is 0 Å². The molecule has 26 heavy (non-hydrogen) atoms. The molecular formula is C21H23N3O2. The minimum absolute atomic E-state index is 0.0335. The van der Waals surface area contributed by atoms with Gasteiger partial charge in [-0.1, -0.05) is 12.1 Å². The molecule has 1 spiro atoms. The predicted molar refractivity (Wildman–Crippen MR) is 100 cm³/mol. The van der Waals surface area contributed by atoms with E-state index in [4.69, 9.17) is 9.47 Å². The van der Waals surface area contributed by atoms with Crippen molar-refractivity contribution >= 4 is 10.9 Å². The van der Waals surface area contributed by atoms with Crippen LogP contribution in [0.15, 0.2) is 55.0 Å². The van der Waals surface area contributed by atoms with E-state index in [0.717, 1.165) is 38.4 Å². The van der Waals surface area contributed by atoms with Crippen molar-refractivity contribution in [2.75, 3.05) is 26.3 Å². The zero-order valence-corrected chi connectivity index (χ0v) is 14.7. The summed E-state index contributed by atoms with van der Waals surface area (Å²) in [7, 11) is 0. The van der Waals surface area contributed by atoms with Gasteiger partial charge in [-0.3, -0.25) is 9.88 Å². The molecule has 5 heteroatoms. The standard InChI is InChI=1S/C21H23N3O2/c1-3-16(19-6-9-23-20(19)5-1)12-24-14-21(15-24)17(7-10-26-21)13-25-18-4-2-8-22-11-18/h1-6,8-9,11,17,23H,7,10,12-15H2. The molecular weight excluding hydrogens is 326 g/mol. The Kier molecular flexibility index (Phi) is 3.91. The topological polar surface area (TPSA) is 50.4 Å². The molecule has 134 valence electrons. The Morgan fingerprint density at radius 2 is 2.19 bits per heavy atom. The van der Waals surface area contributed by atoms with Crippen molar-refractivity contribution in [3.8, 4) is 5.75 Å². The summed E-state index contributed by atoms with van der Waals surface area (Å²) in [6, 6.07) is 12.5. The summed E-state index contributed by atoms with van der Waals surface area (Å²) in [5, 5.41) is 1.32. The van der Waals surface area contributed by atoms with Crippen LogP contribution in [0.25, 0.3) is 10.9 Å². The van der Waals surface area contributed by atoms with E-state index in [1.807, 2.05) is 18.3 Å². The fraction of sp³-hybridized carbons (Fsp3) is 0.381. The minimum Gasteiger partial charge on any atom is -0.492 e. The van der Waals surface area contributed by atoms with E-state index in [1.54, 1.807) is 12.4 Å². The second-order valence-corrected chi connectivity index (χ2v) is 7.40. The van der Waals surface area contributed by atoms with Crippen molar-refractivity contribution in [3.63, 3.8) is 0 Å². The lowest BCUT2D eigenvalue weighted by Crippen LogP contribution is -2.64. The van der Waals surface area contributed by atoms with Gasteiger partial charge >= 0.3 is 0 Å².